The standard InChI is InChI=1S/C25H31F2N7O2/c1-24(2,36)15-4-3-5-17(8-15)34-22-20(11-28-34)21(30-23(31-22)29-16-9-19(35)10-16)33-12-18(13-33)32-7-6-25(26,27)14-32/h3-5,8,11,16,18-19,35-36H,6-7,9-10,12-14H2,1-2H3,(H,29,30,31). The van der Waals surface area contributed by atoms with E-state index in [-0.39, 0.29) is 31.2 Å². The third-order valence-corrected chi connectivity index (χ3v) is 7.53. The summed E-state index contributed by atoms with van der Waals surface area (Å²) < 4.78 is 29.2. The first-order chi connectivity index (χ1) is 17.1. The molecule has 4 heterocycles. The smallest absolute Gasteiger partial charge is 0.261 e. The summed E-state index contributed by atoms with van der Waals surface area (Å²) in [7, 11) is 0. The molecule has 1 saturated carbocycles. The lowest BCUT2D eigenvalue weighted by Gasteiger charge is -2.44. The monoisotopic (exact) mass is 499 g/mol. The van der Waals surface area contributed by atoms with Crippen LogP contribution in [-0.4, -0.2) is 85.2 Å². The summed E-state index contributed by atoms with van der Waals surface area (Å²) >= 11 is 0. The number of benzene rings is 1. The van der Waals surface area contributed by atoms with E-state index in [1.165, 1.54) is 0 Å². The number of halogens is 2. The third kappa shape index (κ3) is 4.29. The third-order valence-electron chi connectivity index (χ3n) is 7.53. The molecule has 3 N–H and O–H groups in total. The van der Waals surface area contributed by atoms with Gasteiger partial charge < -0.3 is 20.4 Å². The summed E-state index contributed by atoms with van der Waals surface area (Å²) in [6, 6.07) is 7.70. The van der Waals surface area contributed by atoms with Crippen molar-refractivity contribution in [2.75, 3.05) is 36.4 Å². The second-order valence-electron chi connectivity index (χ2n) is 10.9. The van der Waals surface area contributed by atoms with Crippen LogP contribution in [0.1, 0.15) is 38.7 Å². The number of hydrogen-bond acceptors (Lipinski definition) is 8. The molecule has 3 fully saturated rings. The first-order valence-electron chi connectivity index (χ1n) is 12.5. The van der Waals surface area contributed by atoms with Gasteiger partial charge in [-0.25, -0.2) is 13.5 Å². The Morgan fingerprint density at radius 1 is 1.17 bits per heavy atom. The van der Waals surface area contributed by atoms with Crippen molar-refractivity contribution >= 4 is 22.8 Å². The van der Waals surface area contributed by atoms with Gasteiger partial charge in [-0.2, -0.15) is 15.1 Å². The summed E-state index contributed by atoms with van der Waals surface area (Å²) in [4.78, 5) is 13.5. The van der Waals surface area contributed by atoms with E-state index in [0.29, 0.717) is 44.1 Å². The van der Waals surface area contributed by atoms with Gasteiger partial charge in [0.1, 0.15) is 5.82 Å². The summed E-state index contributed by atoms with van der Waals surface area (Å²) in [5, 5.41) is 28.9. The van der Waals surface area contributed by atoms with Crippen LogP contribution in [0.4, 0.5) is 20.5 Å². The number of hydrogen-bond donors (Lipinski definition) is 3. The van der Waals surface area contributed by atoms with Gasteiger partial charge in [-0.3, -0.25) is 4.90 Å². The highest BCUT2D eigenvalue weighted by atomic mass is 19.3. The van der Waals surface area contributed by atoms with Gasteiger partial charge in [0.05, 0.1) is 35.5 Å². The molecule has 3 aliphatic rings. The van der Waals surface area contributed by atoms with E-state index in [4.69, 9.17) is 9.97 Å². The molecule has 0 spiro atoms. The molecule has 192 valence electrons. The van der Waals surface area contributed by atoms with Crippen molar-refractivity contribution < 1.29 is 19.0 Å². The zero-order valence-electron chi connectivity index (χ0n) is 20.4. The topological polar surface area (TPSA) is 103 Å². The van der Waals surface area contributed by atoms with Crippen LogP contribution in [0, 0.1) is 0 Å². The zero-order chi connectivity index (χ0) is 25.2. The number of nitrogens with zero attached hydrogens (tertiary/aromatic N) is 6. The minimum Gasteiger partial charge on any atom is -0.393 e. The zero-order valence-corrected chi connectivity index (χ0v) is 20.4. The Labute approximate surface area is 207 Å². The van der Waals surface area contributed by atoms with Crippen molar-refractivity contribution in [1.82, 2.24) is 24.6 Å². The minimum absolute atomic E-state index is 0.0695. The van der Waals surface area contributed by atoms with Crippen molar-refractivity contribution in [3.05, 3.63) is 36.0 Å². The lowest BCUT2D eigenvalue weighted by Crippen LogP contribution is -2.59. The fraction of sp³-hybridized carbons (Fsp3) is 0.560. The quantitative estimate of drug-likeness (QED) is 0.476. The molecule has 0 atom stereocenters. The van der Waals surface area contributed by atoms with Gasteiger partial charge >= 0.3 is 0 Å². The number of aliphatic hydroxyl groups excluding tert-OH is 1. The van der Waals surface area contributed by atoms with Crippen molar-refractivity contribution in [3.63, 3.8) is 0 Å². The van der Waals surface area contributed by atoms with Crippen LogP contribution >= 0.6 is 0 Å². The lowest BCUT2D eigenvalue weighted by atomic mass is 9.90. The van der Waals surface area contributed by atoms with E-state index in [1.807, 2.05) is 29.2 Å². The molecule has 2 aromatic heterocycles. The molecule has 1 aromatic carbocycles. The number of nitrogens with one attached hydrogen (secondary N) is 1. The van der Waals surface area contributed by atoms with Crippen LogP contribution in [0.3, 0.4) is 0 Å². The van der Waals surface area contributed by atoms with E-state index in [9.17, 15) is 19.0 Å². The highest BCUT2D eigenvalue weighted by Crippen LogP contribution is 2.35. The molecule has 6 rings (SSSR count). The van der Waals surface area contributed by atoms with Gasteiger partial charge in [0.15, 0.2) is 5.65 Å². The maximum Gasteiger partial charge on any atom is 0.261 e. The maximum atomic E-state index is 13.7. The van der Waals surface area contributed by atoms with Gasteiger partial charge in [-0.05, 0) is 44.4 Å². The summed E-state index contributed by atoms with van der Waals surface area (Å²) in [6.45, 7) is 4.93. The number of rotatable bonds is 6. The van der Waals surface area contributed by atoms with Crippen LogP contribution in [0.25, 0.3) is 16.7 Å². The molecule has 36 heavy (non-hydrogen) atoms. The first kappa shape index (κ1) is 23.5. The largest absolute Gasteiger partial charge is 0.393 e. The average molecular weight is 500 g/mol. The number of alkyl halides is 2. The molecule has 0 unspecified atom stereocenters. The predicted molar refractivity (Wildman–Crippen MR) is 132 cm³/mol. The molecule has 0 amide bonds. The van der Waals surface area contributed by atoms with Crippen LogP contribution in [0.2, 0.25) is 0 Å². The van der Waals surface area contributed by atoms with Gasteiger partial charge in [0.2, 0.25) is 5.95 Å². The van der Waals surface area contributed by atoms with Crippen LogP contribution < -0.4 is 10.2 Å². The van der Waals surface area contributed by atoms with E-state index >= 15 is 0 Å². The summed E-state index contributed by atoms with van der Waals surface area (Å²) in [5.41, 5.74) is 1.13. The Balaban J connectivity index is 1.33. The lowest BCUT2D eigenvalue weighted by molar-refractivity contribution is 0.00601. The number of aliphatic hydroxyl groups is 2. The minimum atomic E-state index is -2.61. The van der Waals surface area contributed by atoms with Crippen molar-refractivity contribution in [3.8, 4) is 5.69 Å². The van der Waals surface area contributed by atoms with Crippen LogP contribution in [0.15, 0.2) is 30.5 Å². The highest BCUT2D eigenvalue weighted by molar-refractivity contribution is 5.89. The Morgan fingerprint density at radius 2 is 1.94 bits per heavy atom. The Bertz CT molecular complexity index is 1280. The molecular weight excluding hydrogens is 468 g/mol. The van der Waals surface area contributed by atoms with Crippen molar-refractivity contribution in [2.24, 2.45) is 0 Å². The van der Waals surface area contributed by atoms with Crippen molar-refractivity contribution in [1.29, 1.82) is 0 Å². The van der Waals surface area contributed by atoms with Gasteiger partial charge in [-0.1, -0.05) is 12.1 Å². The van der Waals surface area contributed by atoms with E-state index in [0.717, 1.165) is 22.5 Å². The average Bonchev–Trinajstić information content (AvgIpc) is 3.34. The highest BCUT2D eigenvalue weighted by Gasteiger charge is 2.44. The van der Waals surface area contributed by atoms with Gasteiger partial charge in [0, 0.05) is 38.1 Å². The number of anilines is 2. The molecular formula is C25H31F2N7O2. The van der Waals surface area contributed by atoms with Crippen LogP contribution in [0.5, 0.6) is 0 Å². The summed E-state index contributed by atoms with van der Waals surface area (Å²) in [5.74, 6) is -1.44. The molecule has 3 aromatic rings. The molecule has 2 aliphatic heterocycles. The van der Waals surface area contributed by atoms with Crippen LogP contribution in [-0.2, 0) is 5.60 Å². The van der Waals surface area contributed by atoms with E-state index in [1.54, 1.807) is 24.7 Å². The molecule has 2 saturated heterocycles. The summed E-state index contributed by atoms with van der Waals surface area (Å²) in [6.07, 6.45) is 2.61. The number of fused-ring (bicyclic) bond motifs is 1. The number of aromatic nitrogens is 4. The molecule has 11 heteroatoms. The Kier molecular flexibility index (Phi) is 5.43. The van der Waals surface area contributed by atoms with Gasteiger partial charge in [-0.15, -0.1) is 0 Å². The normalized spacial score (nSPS) is 24.7. The SMILES string of the molecule is CC(C)(O)c1cccc(-n2ncc3c(N4CC(N5CCC(F)(F)C5)C4)nc(NC4CC(O)C4)nc32)c1. The van der Waals surface area contributed by atoms with Gasteiger partial charge in [0.25, 0.3) is 5.92 Å². The second-order valence-corrected chi connectivity index (χ2v) is 10.9. The second kappa shape index (κ2) is 8.32. The molecule has 1 aliphatic carbocycles. The van der Waals surface area contributed by atoms with Crippen molar-refractivity contribution in [2.45, 2.75) is 62.8 Å². The first-order valence-corrected chi connectivity index (χ1v) is 12.5. The molecule has 9 nitrogen and oxygen atoms in total. The number of likely N-dealkylation sites (tertiary alicyclic amines) is 1. The van der Waals surface area contributed by atoms with E-state index in [2.05, 4.69) is 15.3 Å². The Hall–Kier alpha value is -2.89. The molecule has 0 bridgehead atoms. The predicted octanol–water partition coefficient (Wildman–Crippen LogP) is 2.51. The fourth-order valence-corrected chi connectivity index (χ4v) is 5.23. The van der Waals surface area contributed by atoms with E-state index < -0.39 is 11.5 Å². The maximum absolute atomic E-state index is 13.7. The molecule has 0 radical (unpaired) electrons. The fourth-order valence-electron chi connectivity index (χ4n) is 5.23. The Morgan fingerprint density at radius 3 is 2.61 bits per heavy atom.